The first-order valence-corrected chi connectivity index (χ1v) is 13.8. The lowest BCUT2D eigenvalue weighted by molar-refractivity contribution is 0.138. The second-order valence-corrected chi connectivity index (χ2v) is 10.1. The van der Waals surface area contributed by atoms with E-state index < -0.39 is 0 Å². The van der Waals surface area contributed by atoms with Crippen molar-refractivity contribution < 1.29 is 4.79 Å². The fourth-order valence-electron chi connectivity index (χ4n) is 5.65. The maximum atomic E-state index is 13.0. The van der Waals surface area contributed by atoms with E-state index in [-0.39, 0.29) is 12.1 Å². The van der Waals surface area contributed by atoms with Crippen LogP contribution < -0.4 is 10.6 Å². The molecule has 2 unspecified atom stereocenters. The molecule has 1 heterocycles. The maximum absolute atomic E-state index is 13.0. The van der Waals surface area contributed by atoms with Gasteiger partial charge in [-0.1, -0.05) is 97.9 Å². The van der Waals surface area contributed by atoms with E-state index in [2.05, 4.69) is 89.0 Å². The number of amides is 2. The van der Waals surface area contributed by atoms with E-state index in [1.807, 2.05) is 36.4 Å². The van der Waals surface area contributed by atoms with Crippen LogP contribution in [0.1, 0.15) is 55.0 Å². The van der Waals surface area contributed by atoms with Crippen molar-refractivity contribution in [2.24, 2.45) is 5.92 Å². The number of benzene rings is 3. The van der Waals surface area contributed by atoms with E-state index >= 15 is 0 Å². The zero-order valence-electron chi connectivity index (χ0n) is 22.4. The van der Waals surface area contributed by atoms with Crippen molar-refractivity contribution in [3.63, 3.8) is 0 Å². The summed E-state index contributed by atoms with van der Waals surface area (Å²) in [4.78, 5) is 18.1. The summed E-state index contributed by atoms with van der Waals surface area (Å²) >= 11 is 0. The smallest absolute Gasteiger partial charge is 0.315 e. The first-order valence-electron chi connectivity index (χ1n) is 13.8. The van der Waals surface area contributed by atoms with Gasteiger partial charge in [0, 0.05) is 19.1 Å². The van der Waals surface area contributed by atoms with Gasteiger partial charge < -0.3 is 15.5 Å². The molecule has 196 valence electrons. The predicted octanol–water partition coefficient (Wildman–Crippen LogP) is 5.87. The largest absolute Gasteiger partial charge is 0.337 e. The Morgan fingerprint density at radius 2 is 1.43 bits per heavy atom. The van der Waals surface area contributed by atoms with Gasteiger partial charge in [-0.05, 0) is 68.6 Å². The first kappa shape index (κ1) is 26.9. The van der Waals surface area contributed by atoms with Crippen molar-refractivity contribution in [3.8, 4) is 0 Å². The summed E-state index contributed by atoms with van der Waals surface area (Å²) in [5, 5.41) is 6.35. The molecule has 1 aliphatic rings. The van der Waals surface area contributed by atoms with Crippen molar-refractivity contribution in [3.05, 3.63) is 108 Å². The van der Waals surface area contributed by atoms with E-state index in [0.717, 1.165) is 30.8 Å². The van der Waals surface area contributed by atoms with E-state index in [4.69, 9.17) is 0 Å². The number of likely N-dealkylation sites (N-methyl/N-ethyl adjacent to an activating group) is 1. The number of hydrogen-bond acceptors (Lipinski definition) is 3. The number of hydrogen-bond donors (Lipinski definition) is 2. The van der Waals surface area contributed by atoms with Crippen LogP contribution in [0.3, 0.4) is 0 Å². The zero-order chi connectivity index (χ0) is 25.9. The van der Waals surface area contributed by atoms with Crippen LogP contribution in [0.5, 0.6) is 0 Å². The molecule has 0 spiro atoms. The molecule has 0 aliphatic carbocycles. The Balaban J connectivity index is 1.41. The van der Waals surface area contributed by atoms with Crippen molar-refractivity contribution in [2.75, 3.05) is 39.8 Å². The lowest BCUT2D eigenvalue weighted by Crippen LogP contribution is -2.43. The molecular formula is C32H42N4O. The molecule has 2 amide bonds. The second-order valence-electron chi connectivity index (χ2n) is 10.1. The number of rotatable bonds is 10. The average Bonchev–Trinajstić information content (AvgIpc) is 3.16. The molecule has 0 saturated carbocycles. The Morgan fingerprint density at radius 3 is 2.00 bits per heavy atom. The summed E-state index contributed by atoms with van der Waals surface area (Å²) in [7, 11) is 2.23. The lowest BCUT2D eigenvalue weighted by atomic mass is 9.86. The monoisotopic (exact) mass is 498 g/mol. The van der Waals surface area contributed by atoms with Gasteiger partial charge in [0.1, 0.15) is 0 Å². The second kappa shape index (κ2) is 14.0. The molecule has 3 aromatic rings. The van der Waals surface area contributed by atoms with Gasteiger partial charge >= 0.3 is 6.03 Å². The summed E-state index contributed by atoms with van der Waals surface area (Å²) in [6.07, 6.45) is 3.68. The quantitative estimate of drug-likeness (QED) is 0.368. The summed E-state index contributed by atoms with van der Waals surface area (Å²) in [5.41, 5.74) is 3.53. The van der Waals surface area contributed by atoms with E-state index in [9.17, 15) is 4.79 Å². The third kappa shape index (κ3) is 7.67. The average molecular weight is 499 g/mol. The van der Waals surface area contributed by atoms with E-state index in [1.165, 1.54) is 31.4 Å². The number of carbonyl (C=O) groups excluding carboxylic acids is 1. The number of likely N-dealkylation sites (tertiary alicyclic amines) is 1. The van der Waals surface area contributed by atoms with Gasteiger partial charge in [-0.15, -0.1) is 0 Å². The normalized spacial score (nSPS) is 17.4. The summed E-state index contributed by atoms with van der Waals surface area (Å²) in [5.74, 6) is 0.613. The Kier molecular flexibility index (Phi) is 10.2. The molecule has 3 aromatic carbocycles. The van der Waals surface area contributed by atoms with Crippen LogP contribution in [0.4, 0.5) is 4.79 Å². The lowest BCUT2D eigenvalue weighted by Gasteiger charge is -2.37. The van der Waals surface area contributed by atoms with Crippen LogP contribution in [0.2, 0.25) is 0 Å². The van der Waals surface area contributed by atoms with Gasteiger partial charge in [0.15, 0.2) is 0 Å². The van der Waals surface area contributed by atoms with E-state index in [1.54, 1.807) is 0 Å². The highest BCUT2D eigenvalue weighted by Crippen LogP contribution is 2.35. The minimum absolute atomic E-state index is 0.138. The molecule has 0 radical (unpaired) electrons. The number of nitrogens with one attached hydrogen (secondary N) is 2. The molecule has 0 bridgehead atoms. The van der Waals surface area contributed by atoms with Crippen molar-refractivity contribution in [1.29, 1.82) is 0 Å². The number of urea groups is 1. The van der Waals surface area contributed by atoms with Gasteiger partial charge in [-0.3, -0.25) is 4.90 Å². The highest BCUT2D eigenvalue weighted by molar-refractivity contribution is 5.75. The Morgan fingerprint density at radius 1 is 0.865 bits per heavy atom. The summed E-state index contributed by atoms with van der Waals surface area (Å²) < 4.78 is 0. The fourth-order valence-corrected chi connectivity index (χ4v) is 5.65. The minimum Gasteiger partial charge on any atom is -0.337 e. The molecule has 5 nitrogen and oxygen atoms in total. The van der Waals surface area contributed by atoms with Crippen LogP contribution in [-0.4, -0.2) is 55.6 Å². The molecule has 37 heavy (non-hydrogen) atoms. The third-order valence-corrected chi connectivity index (χ3v) is 7.61. The van der Waals surface area contributed by atoms with Crippen LogP contribution in [0.25, 0.3) is 0 Å². The maximum Gasteiger partial charge on any atom is 0.315 e. The predicted molar refractivity (Wildman–Crippen MR) is 153 cm³/mol. The topological polar surface area (TPSA) is 47.6 Å². The Labute approximate surface area is 222 Å². The Bertz CT molecular complexity index is 1020. The molecule has 1 aliphatic heterocycles. The molecule has 4 rings (SSSR count). The highest BCUT2D eigenvalue weighted by atomic mass is 16.2. The summed E-state index contributed by atoms with van der Waals surface area (Å²) in [6, 6.07) is 31.3. The highest BCUT2D eigenvalue weighted by Gasteiger charge is 2.29. The molecule has 2 N–H and O–H groups in total. The van der Waals surface area contributed by atoms with Crippen LogP contribution >= 0.6 is 0 Å². The van der Waals surface area contributed by atoms with Crippen LogP contribution in [0.15, 0.2) is 91.0 Å². The van der Waals surface area contributed by atoms with Gasteiger partial charge in [-0.2, -0.15) is 0 Å². The first-order chi connectivity index (χ1) is 18.2. The Hall–Kier alpha value is -3.15. The standard InChI is InChI=1S/C32H42N4O/c1-3-36(31(28-18-11-6-12-19-28)29-20-13-23-35(2)24-21-29)25-22-33-32(37)34-30(26-14-7-4-8-15-26)27-16-9-5-10-17-27/h4-12,14-19,29-31H,3,13,20-25H2,1-2H3,(H2,33,34,37). The molecular weight excluding hydrogens is 456 g/mol. The van der Waals surface area contributed by atoms with Gasteiger partial charge in [0.25, 0.3) is 0 Å². The minimum atomic E-state index is -0.190. The van der Waals surface area contributed by atoms with Crippen molar-refractivity contribution >= 4 is 6.03 Å². The molecule has 0 aromatic heterocycles. The van der Waals surface area contributed by atoms with Gasteiger partial charge in [0.2, 0.25) is 0 Å². The van der Waals surface area contributed by atoms with Crippen molar-refractivity contribution in [2.45, 2.75) is 38.3 Å². The zero-order valence-corrected chi connectivity index (χ0v) is 22.4. The third-order valence-electron chi connectivity index (χ3n) is 7.61. The SMILES string of the molecule is CCN(CCNC(=O)NC(c1ccccc1)c1ccccc1)C(c1ccccc1)C1CCCN(C)CC1. The number of nitrogens with zero attached hydrogens (tertiary/aromatic N) is 2. The molecule has 1 fully saturated rings. The van der Waals surface area contributed by atoms with Crippen LogP contribution in [-0.2, 0) is 0 Å². The molecule has 1 saturated heterocycles. The van der Waals surface area contributed by atoms with Gasteiger partial charge in [-0.25, -0.2) is 4.79 Å². The molecule has 5 heteroatoms. The van der Waals surface area contributed by atoms with Crippen molar-refractivity contribution in [1.82, 2.24) is 20.4 Å². The molecule has 2 atom stereocenters. The van der Waals surface area contributed by atoms with Gasteiger partial charge in [0.05, 0.1) is 6.04 Å². The fraction of sp³-hybridized carbons (Fsp3) is 0.406. The number of carbonyl (C=O) groups is 1. The van der Waals surface area contributed by atoms with E-state index in [0.29, 0.717) is 18.5 Å². The summed E-state index contributed by atoms with van der Waals surface area (Å²) in [6.45, 7) is 6.93. The van der Waals surface area contributed by atoms with Crippen LogP contribution in [0, 0.1) is 5.92 Å².